The van der Waals surface area contributed by atoms with Crippen molar-refractivity contribution < 1.29 is 0 Å². The zero-order valence-corrected chi connectivity index (χ0v) is 14.3. The normalized spacial score (nSPS) is 12.0. The summed E-state index contributed by atoms with van der Waals surface area (Å²) in [5.41, 5.74) is 3.35. The number of benzene rings is 1. The lowest BCUT2D eigenvalue weighted by Gasteiger charge is -2.20. The minimum atomic E-state index is -0.255. The van der Waals surface area contributed by atoms with Gasteiger partial charge in [-0.3, -0.25) is 9.48 Å². The molecule has 5 nitrogen and oxygen atoms in total. The Labute approximate surface area is 135 Å². The number of nitrogens with zero attached hydrogens (tertiary/aromatic N) is 4. The van der Waals surface area contributed by atoms with Crippen LogP contribution in [0.1, 0.15) is 37.6 Å². The van der Waals surface area contributed by atoms with Crippen LogP contribution in [0.2, 0.25) is 0 Å². The lowest BCUT2D eigenvalue weighted by Crippen LogP contribution is -2.31. The Kier molecular flexibility index (Phi) is 3.59. The van der Waals surface area contributed by atoms with Gasteiger partial charge in [-0.15, -0.1) is 0 Å². The first kappa shape index (κ1) is 15.5. The summed E-state index contributed by atoms with van der Waals surface area (Å²) in [4.78, 5) is 13.0. The van der Waals surface area contributed by atoms with Gasteiger partial charge in [-0.2, -0.15) is 10.2 Å². The maximum absolute atomic E-state index is 13.0. The molecule has 0 bridgehead atoms. The molecule has 0 unspecified atom stereocenters. The van der Waals surface area contributed by atoms with Gasteiger partial charge in [0, 0.05) is 5.39 Å². The van der Waals surface area contributed by atoms with E-state index in [1.165, 1.54) is 0 Å². The van der Waals surface area contributed by atoms with Crippen LogP contribution >= 0.6 is 0 Å². The van der Waals surface area contributed by atoms with E-state index in [0.29, 0.717) is 12.1 Å². The van der Waals surface area contributed by atoms with Crippen molar-refractivity contribution in [1.29, 1.82) is 0 Å². The van der Waals surface area contributed by atoms with Crippen LogP contribution in [0.3, 0.4) is 0 Å². The molecule has 0 amide bonds. The Morgan fingerprint density at radius 2 is 1.83 bits per heavy atom. The highest BCUT2D eigenvalue weighted by atomic mass is 16.1. The SMILES string of the molecule is Cc1ccccc1Cn1nc(C)c2cnn(C(C)(C)C)c2c1=O. The van der Waals surface area contributed by atoms with Gasteiger partial charge in [-0.25, -0.2) is 4.68 Å². The molecule has 23 heavy (non-hydrogen) atoms. The van der Waals surface area contributed by atoms with Gasteiger partial charge in [0.15, 0.2) is 0 Å². The van der Waals surface area contributed by atoms with E-state index < -0.39 is 0 Å². The molecule has 0 radical (unpaired) electrons. The molecule has 0 saturated heterocycles. The zero-order chi connectivity index (χ0) is 16.8. The fourth-order valence-corrected chi connectivity index (χ4v) is 2.79. The number of fused-ring (bicyclic) bond motifs is 1. The Balaban J connectivity index is 2.22. The summed E-state index contributed by atoms with van der Waals surface area (Å²) in [6, 6.07) is 8.06. The van der Waals surface area contributed by atoms with Crippen molar-refractivity contribution in [2.45, 2.75) is 46.7 Å². The molecule has 0 aliphatic carbocycles. The molecule has 1 aromatic carbocycles. The second-order valence-electron chi connectivity index (χ2n) is 6.96. The van der Waals surface area contributed by atoms with E-state index in [0.717, 1.165) is 22.2 Å². The van der Waals surface area contributed by atoms with Crippen LogP contribution < -0.4 is 5.56 Å². The quantitative estimate of drug-likeness (QED) is 0.731. The lowest BCUT2D eigenvalue weighted by molar-refractivity contribution is 0.366. The van der Waals surface area contributed by atoms with E-state index in [1.807, 2.05) is 58.9 Å². The molecule has 0 atom stereocenters. The van der Waals surface area contributed by atoms with Crippen LogP contribution in [0.5, 0.6) is 0 Å². The van der Waals surface area contributed by atoms with Crippen LogP contribution in [-0.2, 0) is 12.1 Å². The summed E-state index contributed by atoms with van der Waals surface area (Å²) >= 11 is 0. The standard InChI is InChI=1S/C18H22N4O/c1-12-8-6-7-9-14(12)11-21-17(23)16-15(13(2)20-21)10-19-22(16)18(3,4)5/h6-10H,11H2,1-5H3. The van der Waals surface area contributed by atoms with Crippen molar-refractivity contribution in [1.82, 2.24) is 19.6 Å². The van der Waals surface area contributed by atoms with E-state index in [-0.39, 0.29) is 11.1 Å². The van der Waals surface area contributed by atoms with Gasteiger partial charge < -0.3 is 0 Å². The Bertz CT molecular complexity index is 928. The lowest BCUT2D eigenvalue weighted by atomic mass is 10.1. The van der Waals surface area contributed by atoms with Gasteiger partial charge in [-0.05, 0) is 45.7 Å². The fourth-order valence-electron chi connectivity index (χ4n) is 2.79. The predicted molar refractivity (Wildman–Crippen MR) is 91.8 cm³/mol. The topological polar surface area (TPSA) is 52.7 Å². The van der Waals surface area contributed by atoms with Crippen molar-refractivity contribution in [2.75, 3.05) is 0 Å². The third-order valence-electron chi connectivity index (χ3n) is 4.08. The highest BCUT2D eigenvalue weighted by Gasteiger charge is 2.21. The van der Waals surface area contributed by atoms with Crippen LogP contribution in [0.4, 0.5) is 0 Å². The largest absolute Gasteiger partial charge is 0.293 e. The van der Waals surface area contributed by atoms with Gasteiger partial charge in [0.2, 0.25) is 0 Å². The zero-order valence-electron chi connectivity index (χ0n) is 14.3. The van der Waals surface area contributed by atoms with Crippen molar-refractivity contribution in [3.05, 3.63) is 57.6 Å². The van der Waals surface area contributed by atoms with Gasteiger partial charge in [0.25, 0.3) is 5.56 Å². The van der Waals surface area contributed by atoms with Gasteiger partial charge >= 0.3 is 0 Å². The Morgan fingerprint density at radius 3 is 2.48 bits per heavy atom. The molecule has 5 heteroatoms. The van der Waals surface area contributed by atoms with Gasteiger partial charge in [-0.1, -0.05) is 24.3 Å². The maximum Gasteiger partial charge on any atom is 0.293 e. The average molecular weight is 310 g/mol. The van der Waals surface area contributed by atoms with Gasteiger partial charge in [0.05, 0.1) is 24.0 Å². The highest BCUT2D eigenvalue weighted by Crippen LogP contribution is 2.20. The molecule has 2 heterocycles. The first-order chi connectivity index (χ1) is 10.8. The second kappa shape index (κ2) is 5.33. The van der Waals surface area contributed by atoms with E-state index in [1.54, 1.807) is 15.6 Å². The predicted octanol–water partition coefficient (Wildman–Crippen LogP) is 3.01. The van der Waals surface area contributed by atoms with Crippen molar-refractivity contribution >= 4 is 10.9 Å². The molecule has 2 aromatic heterocycles. The number of aromatic nitrogens is 4. The van der Waals surface area contributed by atoms with E-state index in [2.05, 4.69) is 10.2 Å². The molecule has 0 aliphatic rings. The molecule has 0 spiro atoms. The van der Waals surface area contributed by atoms with E-state index in [4.69, 9.17) is 0 Å². The molecule has 0 aliphatic heterocycles. The highest BCUT2D eigenvalue weighted by molar-refractivity contribution is 5.79. The van der Waals surface area contributed by atoms with E-state index >= 15 is 0 Å². The first-order valence-corrected chi connectivity index (χ1v) is 7.79. The second-order valence-corrected chi connectivity index (χ2v) is 6.96. The molecule has 0 N–H and O–H groups in total. The summed E-state index contributed by atoms with van der Waals surface area (Å²) in [7, 11) is 0. The third-order valence-corrected chi connectivity index (χ3v) is 4.08. The van der Waals surface area contributed by atoms with Crippen LogP contribution in [0.25, 0.3) is 10.9 Å². The summed E-state index contributed by atoms with van der Waals surface area (Å²) in [6.45, 7) is 10.6. The molecular weight excluding hydrogens is 288 g/mol. The summed E-state index contributed by atoms with van der Waals surface area (Å²) in [5, 5.41) is 9.73. The molecule has 3 rings (SSSR count). The first-order valence-electron chi connectivity index (χ1n) is 7.79. The molecular formula is C18H22N4O. The Hall–Kier alpha value is -2.43. The molecule has 0 saturated carbocycles. The summed E-state index contributed by atoms with van der Waals surface area (Å²) in [5.74, 6) is 0. The summed E-state index contributed by atoms with van der Waals surface area (Å²) < 4.78 is 3.34. The van der Waals surface area contributed by atoms with E-state index in [9.17, 15) is 4.79 Å². The fraction of sp³-hybridized carbons (Fsp3) is 0.389. The molecule has 3 aromatic rings. The van der Waals surface area contributed by atoms with Crippen LogP contribution in [-0.4, -0.2) is 19.6 Å². The monoisotopic (exact) mass is 310 g/mol. The van der Waals surface area contributed by atoms with Crippen molar-refractivity contribution in [2.24, 2.45) is 0 Å². The minimum absolute atomic E-state index is 0.0960. The minimum Gasteiger partial charge on any atom is -0.265 e. The molecule has 0 fully saturated rings. The Morgan fingerprint density at radius 1 is 1.13 bits per heavy atom. The number of rotatable bonds is 2. The third kappa shape index (κ3) is 2.67. The maximum atomic E-state index is 13.0. The smallest absolute Gasteiger partial charge is 0.265 e. The number of aryl methyl sites for hydroxylation is 2. The average Bonchev–Trinajstić information content (AvgIpc) is 2.92. The van der Waals surface area contributed by atoms with Gasteiger partial charge in [0.1, 0.15) is 5.52 Å². The van der Waals surface area contributed by atoms with Crippen molar-refractivity contribution in [3.63, 3.8) is 0 Å². The number of hydrogen-bond acceptors (Lipinski definition) is 3. The van der Waals surface area contributed by atoms with Crippen LogP contribution in [0.15, 0.2) is 35.3 Å². The summed E-state index contributed by atoms with van der Waals surface area (Å²) in [6.07, 6.45) is 1.74. The molecule has 120 valence electrons. The number of hydrogen-bond donors (Lipinski definition) is 0. The van der Waals surface area contributed by atoms with Crippen LogP contribution in [0, 0.1) is 13.8 Å². The van der Waals surface area contributed by atoms with Crippen molar-refractivity contribution in [3.8, 4) is 0 Å².